The van der Waals surface area contributed by atoms with Crippen LogP contribution in [-0.4, -0.2) is 39.2 Å². The van der Waals surface area contributed by atoms with Crippen molar-refractivity contribution in [3.05, 3.63) is 75.4 Å². The van der Waals surface area contributed by atoms with E-state index in [0.29, 0.717) is 22.6 Å². The molecule has 0 radical (unpaired) electrons. The Morgan fingerprint density at radius 3 is 2.62 bits per heavy atom. The second-order valence-corrected chi connectivity index (χ2v) is 9.45. The van der Waals surface area contributed by atoms with Gasteiger partial charge in [-0.3, -0.25) is 9.36 Å². The topological polar surface area (TPSA) is 81.4 Å². The van der Waals surface area contributed by atoms with Gasteiger partial charge in [-0.25, -0.2) is 5.43 Å². The molecule has 7 nitrogen and oxygen atoms in total. The van der Waals surface area contributed by atoms with E-state index in [1.54, 1.807) is 17.6 Å². The van der Waals surface area contributed by atoms with E-state index < -0.39 is 0 Å². The third-order valence-electron chi connectivity index (χ3n) is 4.75. The first-order chi connectivity index (χ1) is 16.5. The van der Waals surface area contributed by atoms with Crippen LogP contribution in [0.15, 0.2) is 70.2 Å². The predicted molar refractivity (Wildman–Crippen MR) is 138 cm³/mol. The third-order valence-corrected chi connectivity index (χ3v) is 6.88. The van der Waals surface area contributed by atoms with Crippen LogP contribution >= 0.6 is 34.7 Å². The molecule has 4 aromatic rings. The molecule has 10 heteroatoms. The van der Waals surface area contributed by atoms with Gasteiger partial charge in [0.2, 0.25) is 0 Å². The number of carbonyl (C=O) groups excluding carboxylic acids is 1. The number of hydrogen-bond donors (Lipinski definition) is 1. The second kappa shape index (κ2) is 11.3. The minimum absolute atomic E-state index is 0.135. The third kappa shape index (κ3) is 5.85. The number of thiophene rings is 1. The first-order valence-electron chi connectivity index (χ1n) is 10.5. The summed E-state index contributed by atoms with van der Waals surface area (Å²) in [6.45, 7) is 4.53. The van der Waals surface area contributed by atoms with Gasteiger partial charge in [0.25, 0.3) is 5.91 Å². The van der Waals surface area contributed by atoms with Gasteiger partial charge in [-0.2, -0.15) is 5.10 Å². The van der Waals surface area contributed by atoms with Crippen molar-refractivity contribution in [1.29, 1.82) is 0 Å². The Morgan fingerprint density at radius 1 is 1.18 bits per heavy atom. The van der Waals surface area contributed by atoms with Crippen molar-refractivity contribution in [1.82, 2.24) is 20.2 Å². The fourth-order valence-electron chi connectivity index (χ4n) is 3.08. The zero-order valence-electron chi connectivity index (χ0n) is 18.6. The highest BCUT2D eigenvalue weighted by molar-refractivity contribution is 7.99. The number of rotatable bonds is 9. The number of hydrogen-bond acceptors (Lipinski definition) is 7. The van der Waals surface area contributed by atoms with Gasteiger partial charge in [0.15, 0.2) is 11.0 Å². The lowest BCUT2D eigenvalue weighted by Crippen LogP contribution is -2.20. The summed E-state index contributed by atoms with van der Waals surface area (Å²) in [6.07, 6.45) is 1.66. The molecule has 0 spiro atoms. The number of nitrogens with one attached hydrogen (secondary N) is 1. The van der Waals surface area contributed by atoms with Gasteiger partial charge < -0.3 is 4.74 Å². The van der Waals surface area contributed by atoms with Crippen molar-refractivity contribution in [2.24, 2.45) is 5.10 Å². The summed E-state index contributed by atoms with van der Waals surface area (Å²) in [4.78, 5) is 13.4. The molecule has 0 atom stereocenters. The molecule has 0 bridgehead atoms. The van der Waals surface area contributed by atoms with E-state index in [9.17, 15) is 4.79 Å². The molecule has 0 saturated carbocycles. The molecule has 0 aliphatic heterocycles. The predicted octanol–water partition coefficient (Wildman–Crippen LogP) is 5.60. The van der Waals surface area contributed by atoms with E-state index in [4.69, 9.17) is 16.3 Å². The Hall–Kier alpha value is -3.14. The first kappa shape index (κ1) is 24.0. The number of benzene rings is 2. The Balaban J connectivity index is 1.54. The summed E-state index contributed by atoms with van der Waals surface area (Å²) in [5, 5.41) is 16.0. The van der Waals surface area contributed by atoms with Crippen LogP contribution in [0.3, 0.4) is 0 Å². The molecule has 1 amide bonds. The molecule has 0 fully saturated rings. The average molecular weight is 512 g/mol. The summed E-state index contributed by atoms with van der Waals surface area (Å²) in [6, 6.07) is 17.1. The molecule has 174 valence electrons. The van der Waals surface area contributed by atoms with Crippen LogP contribution in [-0.2, 0) is 4.79 Å². The second-order valence-electron chi connectivity index (χ2n) is 7.13. The van der Waals surface area contributed by atoms with Crippen molar-refractivity contribution < 1.29 is 9.53 Å². The van der Waals surface area contributed by atoms with Crippen LogP contribution in [0.2, 0.25) is 5.02 Å². The SMILES string of the molecule is CCOc1ccc(-n2c(SCC(=O)N/N=C/c3sccc3C)nnc2-c2ccc(Cl)cc2)cc1. The zero-order valence-corrected chi connectivity index (χ0v) is 21.0. The zero-order chi connectivity index (χ0) is 23.9. The molecule has 4 rings (SSSR count). The van der Waals surface area contributed by atoms with E-state index >= 15 is 0 Å². The highest BCUT2D eigenvalue weighted by Gasteiger charge is 2.17. The highest BCUT2D eigenvalue weighted by Crippen LogP contribution is 2.29. The first-order valence-corrected chi connectivity index (χ1v) is 12.7. The van der Waals surface area contributed by atoms with Gasteiger partial charge >= 0.3 is 0 Å². The van der Waals surface area contributed by atoms with Gasteiger partial charge in [0.05, 0.1) is 18.6 Å². The van der Waals surface area contributed by atoms with Crippen molar-refractivity contribution in [2.75, 3.05) is 12.4 Å². The van der Waals surface area contributed by atoms with Gasteiger partial charge in [0.1, 0.15) is 5.75 Å². The quantitative estimate of drug-likeness (QED) is 0.180. The van der Waals surface area contributed by atoms with Crippen LogP contribution in [0.25, 0.3) is 17.1 Å². The minimum atomic E-state index is -0.232. The van der Waals surface area contributed by atoms with Gasteiger partial charge in [-0.15, -0.1) is 21.5 Å². The lowest BCUT2D eigenvalue weighted by molar-refractivity contribution is -0.118. The molecule has 0 unspecified atom stereocenters. The maximum Gasteiger partial charge on any atom is 0.250 e. The number of halogens is 1. The summed E-state index contributed by atoms with van der Waals surface area (Å²) in [5.41, 5.74) is 5.41. The van der Waals surface area contributed by atoms with Crippen LogP contribution in [0, 0.1) is 6.92 Å². The van der Waals surface area contributed by atoms with E-state index in [0.717, 1.165) is 27.4 Å². The van der Waals surface area contributed by atoms with E-state index in [1.807, 2.05) is 78.4 Å². The molecular formula is C24H22ClN5O2S2. The number of aromatic nitrogens is 3. The Labute approximate surface area is 210 Å². The fourth-order valence-corrected chi connectivity index (χ4v) is 4.74. The maximum atomic E-state index is 12.4. The van der Waals surface area contributed by atoms with Crippen LogP contribution in [0.1, 0.15) is 17.4 Å². The summed E-state index contributed by atoms with van der Waals surface area (Å²) in [7, 11) is 0. The Bertz CT molecular complexity index is 1280. The minimum Gasteiger partial charge on any atom is -0.494 e. The van der Waals surface area contributed by atoms with Gasteiger partial charge in [-0.05, 0) is 79.4 Å². The molecule has 0 aliphatic rings. The molecule has 2 aromatic carbocycles. The molecule has 34 heavy (non-hydrogen) atoms. The van der Waals surface area contributed by atoms with Crippen molar-refractivity contribution in [3.8, 4) is 22.8 Å². The number of carbonyl (C=O) groups is 1. The standard InChI is InChI=1S/C24H22ClN5O2S2/c1-3-32-20-10-8-19(9-11-20)30-23(17-4-6-18(25)7-5-17)28-29-24(30)34-15-22(31)27-26-14-21-16(2)12-13-33-21/h4-14H,3,15H2,1-2H3,(H,27,31)/b26-14+. The summed E-state index contributed by atoms with van der Waals surface area (Å²) < 4.78 is 7.47. The lowest BCUT2D eigenvalue weighted by atomic mass is 10.2. The highest BCUT2D eigenvalue weighted by atomic mass is 35.5. The van der Waals surface area contributed by atoms with Gasteiger partial charge in [0, 0.05) is 21.2 Å². The average Bonchev–Trinajstić information content (AvgIpc) is 3.45. The molecular weight excluding hydrogens is 490 g/mol. The molecule has 0 saturated heterocycles. The molecule has 2 heterocycles. The van der Waals surface area contributed by atoms with E-state index in [2.05, 4.69) is 20.7 Å². The van der Waals surface area contributed by atoms with Crippen LogP contribution < -0.4 is 10.2 Å². The fraction of sp³-hybridized carbons (Fsp3) is 0.167. The van der Waals surface area contributed by atoms with Crippen LogP contribution in [0.5, 0.6) is 5.75 Å². The molecule has 2 aromatic heterocycles. The van der Waals surface area contributed by atoms with Gasteiger partial charge in [-0.1, -0.05) is 23.4 Å². The number of thioether (sulfide) groups is 1. The summed E-state index contributed by atoms with van der Waals surface area (Å²) >= 11 is 8.91. The van der Waals surface area contributed by atoms with Crippen molar-refractivity contribution in [3.63, 3.8) is 0 Å². The molecule has 0 aliphatic carbocycles. The van der Waals surface area contributed by atoms with Crippen molar-refractivity contribution >= 4 is 46.8 Å². The van der Waals surface area contributed by atoms with Crippen molar-refractivity contribution in [2.45, 2.75) is 19.0 Å². The Kier molecular flexibility index (Phi) is 7.99. The van der Waals surface area contributed by atoms with Crippen LogP contribution in [0.4, 0.5) is 0 Å². The Morgan fingerprint density at radius 2 is 1.94 bits per heavy atom. The maximum absolute atomic E-state index is 12.4. The summed E-state index contributed by atoms with van der Waals surface area (Å²) in [5.74, 6) is 1.33. The van der Waals surface area contributed by atoms with E-state index in [-0.39, 0.29) is 11.7 Å². The largest absolute Gasteiger partial charge is 0.494 e. The number of ether oxygens (including phenoxy) is 1. The normalized spacial score (nSPS) is 11.1. The number of amides is 1. The number of aryl methyl sites for hydroxylation is 1. The molecule has 1 N–H and O–H groups in total. The smallest absolute Gasteiger partial charge is 0.250 e. The monoisotopic (exact) mass is 511 g/mol. The number of nitrogens with zero attached hydrogens (tertiary/aromatic N) is 4. The lowest BCUT2D eigenvalue weighted by Gasteiger charge is -2.11. The van der Waals surface area contributed by atoms with E-state index in [1.165, 1.54) is 11.8 Å². The number of hydrazone groups is 1.